The van der Waals surface area contributed by atoms with Gasteiger partial charge in [0.15, 0.2) is 0 Å². The van der Waals surface area contributed by atoms with Crippen molar-refractivity contribution in [2.75, 3.05) is 5.32 Å². The lowest BCUT2D eigenvalue weighted by molar-refractivity contribution is 0.0949. The van der Waals surface area contributed by atoms with Crippen LogP contribution in [0.15, 0.2) is 66.7 Å². The fraction of sp³-hybridized carbons (Fsp3) is 0.130. The summed E-state index contributed by atoms with van der Waals surface area (Å²) in [6.45, 7) is 4.24. The van der Waals surface area contributed by atoms with Crippen LogP contribution in [0.5, 0.6) is 0 Å². The number of nitrogens with one attached hydrogen (secondary N) is 2. The van der Waals surface area contributed by atoms with Crippen molar-refractivity contribution in [2.45, 2.75) is 20.4 Å². The lowest BCUT2D eigenvalue weighted by Crippen LogP contribution is -2.24. The molecule has 0 atom stereocenters. The second kappa shape index (κ2) is 8.48. The summed E-state index contributed by atoms with van der Waals surface area (Å²) in [5.41, 5.74) is 4.51. The maximum absolute atomic E-state index is 13.0. The van der Waals surface area contributed by atoms with Crippen LogP contribution in [0.2, 0.25) is 0 Å². The minimum absolute atomic E-state index is 0.137. The highest BCUT2D eigenvalue weighted by molar-refractivity contribution is 6.04. The SMILES string of the molecule is Cc1cccc(C(=O)NCc2cccc(NC(=O)c3ccc(F)cc3)c2)c1C. The number of hydrogen-bond donors (Lipinski definition) is 2. The van der Waals surface area contributed by atoms with Gasteiger partial charge in [-0.1, -0.05) is 24.3 Å². The molecule has 0 aliphatic rings. The molecule has 0 saturated heterocycles. The molecule has 0 aliphatic heterocycles. The highest BCUT2D eigenvalue weighted by Gasteiger charge is 2.10. The van der Waals surface area contributed by atoms with E-state index in [0.717, 1.165) is 16.7 Å². The van der Waals surface area contributed by atoms with E-state index < -0.39 is 5.82 Å². The molecule has 0 unspecified atom stereocenters. The summed E-state index contributed by atoms with van der Waals surface area (Å²) in [5.74, 6) is -0.850. The number of carbonyl (C=O) groups excluding carboxylic acids is 2. The van der Waals surface area contributed by atoms with Crippen LogP contribution in [-0.2, 0) is 6.54 Å². The normalized spacial score (nSPS) is 10.4. The van der Waals surface area contributed by atoms with Gasteiger partial charge in [0.25, 0.3) is 11.8 Å². The topological polar surface area (TPSA) is 58.2 Å². The third-order valence-corrected chi connectivity index (χ3v) is 4.59. The number of carbonyl (C=O) groups is 2. The van der Waals surface area contributed by atoms with E-state index in [1.54, 1.807) is 24.3 Å². The molecule has 0 spiro atoms. The standard InChI is InChI=1S/C23H21FN2O2/c1-15-5-3-8-21(16(15)2)23(28)25-14-17-6-4-7-20(13-17)26-22(27)18-9-11-19(24)12-10-18/h3-13H,14H2,1-2H3,(H,25,28)(H,26,27). The molecule has 2 amide bonds. The lowest BCUT2D eigenvalue weighted by Gasteiger charge is -2.11. The third-order valence-electron chi connectivity index (χ3n) is 4.59. The molecule has 2 N–H and O–H groups in total. The molecule has 142 valence electrons. The average molecular weight is 376 g/mol. The molecule has 3 aromatic carbocycles. The zero-order valence-electron chi connectivity index (χ0n) is 15.8. The Kier molecular flexibility index (Phi) is 5.84. The molecule has 0 bridgehead atoms. The van der Waals surface area contributed by atoms with Crippen LogP contribution in [0.1, 0.15) is 37.4 Å². The van der Waals surface area contributed by atoms with E-state index in [4.69, 9.17) is 0 Å². The zero-order chi connectivity index (χ0) is 20.1. The number of aryl methyl sites for hydroxylation is 1. The fourth-order valence-electron chi connectivity index (χ4n) is 2.84. The van der Waals surface area contributed by atoms with E-state index in [-0.39, 0.29) is 11.8 Å². The Morgan fingerprint density at radius 3 is 2.36 bits per heavy atom. The molecule has 3 aromatic rings. The Labute approximate surface area is 163 Å². The predicted molar refractivity (Wildman–Crippen MR) is 108 cm³/mol. The van der Waals surface area contributed by atoms with Crippen molar-refractivity contribution in [3.8, 4) is 0 Å². The van der Waals surface area contributed by atoms with Crippen molar-refractivity contribution in [3.05, 3.63) is 100 Å². The first-order valence-electron chi connectivity index (χ1n) is 8.94. The van der Waals surface area contributed by atoms with Gasteiger partial charge in [-0.05, 0) is 73.0 Å². The molecule has 0 fully saturated rings. The van der Waals surface area contributed by atoms with Gasteiger partial charge in [-0.15, -0.1) is 0 Å². The smallest absolute Gasteiger partial charge is 0.255 e. The van der Waals surface area contributed by atoms with Crippen molar-refractivity contribution in [3.63, 3.8) is 0 Å². The van der Waals surface area contributed by atoms with Gasteiger partial charge in [0.05, 0.1) is 0 Å². The number of hydrogen-bond acceptors (Lipinski definition) is 2. The average Bonchev–Trinajstić information content (AvgIpc) is 2.69. The van der Waals surface area contributed by atoms with Crippen LogP contribution < -0.4 is 10.6 Å². The zero-order valence-corrected chi connectivity index (χ0v) is 15.8. The molecule has 0 radical (unpaired) electrons. The van der Waals surface area contributed by atoms with Crippen molar-refractivity contribution in [1.82, 2.24) is 5.32 Å². The first-order chi connectivity index (χ1) is 13.4. The van der Waals surface area contributed by atoms with Crippen LogP contribution in [0.25, 0.3) is 0 Å². The molecule has 0 aromatic heterocycles. The number of rotatable bonds is 5. The van der Waals surface area contributed by atoms with Crippen LogP contribution in [0.4, 0.5) is 10.1 Å². The van der Waals surface area contributed by atoms with Crippen LogP contribution in [-0.4, -0.2) is 11.8 Å². The Balaban J connectivity index is 1.64. The molecule has 0 aliphatic carbocycles. The van der Waals surface area contributed by atoms with Crippen molar-refractivity contribution in [2.24, 2.45) is 0 Å². The van der Waals surface area contributed by atoms with E-state index in [1.807, 2.05) is 32.0 Å². The largest absolute Gasteiger partial charge is 0.348 e. The first kappa shape index (κ1) is 19.3. The molecule has 0 heterocycles. The Morgan fingerprint density at radius 2 is 1.61 bits per heavy atom. The summed E-state index contributed by atoms with van der Waals surface area (Å²) < 4.78 is 13.0. The van der Waals surface area contributed by atoms with Gasteiger partial charge in [0.1, 0.15) is 5.82 Å². The van der Waals surface area contributed by atoms with Crippen molar-refractivity contribution < 1.29 is 14.0 Å². The maximum Gasteiger partial charge on any atom is 0.255 e. The summed E-state index contributed by atoms with van der Waals surface area (Å²) in [7, 11) is 0. The summed E-state index contributed by atoms with van der Waals surface area (Å²) in [6, 6.07) is 18.2. The number of amides is 2. The van der Waals surface area contributed by atoms with Gasteiger partial charge >= 0.3 is 0 Å². The Bertz CT molecular complexity index is 1010. The summed E-state index contributed by atoms with van der Waals surface area (Å²) in [6.07, 6.45) is 0. The van der Waals surface area contributed by atoms with Crippen molar-refractivity contribution in [1.29, 1.82) is 0 Å². The highest BCUT2D eigenvalue weighted by atomic mass is 19.1. The summed E-state index contributed by atoms with van der Waals surface area (Å²) >= 11 is 0. The Hall–Kier alpha value is -3.47. The number of anilines is 1. The van der Waals surface area contributed by atoms with Crippen LogP contribution in [0, 0.1) is 19.7 Å². The van der Waals surface area contributed by atoms with E-state index in [9.17, 15) is 14.0 Å². The minimum atomic E-state index is -0.391. The number of halogens is 1. The monoisotopic (exact) mass is 376 g/mol. The van der Waals surface area contributed by atoms with E-state index in [2.05, 4.69) is 10.6 Å². The van der Waals surface area contributed by atoms with Crippen LogP contribution >= 0.6 is 0 Å². The van der Waals surface area contributed by atoms with Gasteiger partial charge in [-0.3, -0.25) is 9.59 Å². The first-order valence-corrected chi connectivity index (χ1v) is 8.94. The van der Waals surface area contributed by atoms with Crippen LogP contribution in [0.3, 0.4) is 0 Å². The summed E-state index contributed by atoms with van der Waals surface area (Å²) in [5, 5.41) is 5.69. The highest BCUT2D eigenvalue weighted by Crippen LogP contribution is 2.15. The molecule has 28 heavy (non-hydrogen) atoms. The van der Waals surface area contributed by atoms with Gasteiger partial charge in [0.2, 0.25) is 0 Å². The van der Waals surface area contributed by atoms with Gasteiger partial charge in [0, 0.05) is 23.4 Å². The fourth-order valence-corrected chi connectivity index (χ4v) is 2.84. The van der Waals surface area contributed by atoms with E-state index in [1.165, 1.54) is 24.3 Å². The minimum Gasteiger partial charge on any atom is -0.348 e. The molecule has 5 heteroatoms. The van der Waals surface area contributed by atoms with Crippen molar-refractivity contribution >= 4 is 17.5 Å². The lowest BCUT2D eigenvalue weighted by atomic mass is 10.0. The molecule has 3 rings (SSSR count). The molecular weight excluding hydrogens is 355 g/mol. The second-order valence-electron chi connectivity index (χ2n) is 6.59. The second-order valence-corrected chi connectivity index (χ2v) is 6.59. The van der Waals surface area contributed by atoms with E-state index >= 15 is 0 Å². The predicted octanol–water partition coefficient (Wildman–Crippen LogP) is 4.62. The van der Waals surface area contributed by atoms with Gasteiger partial charge < -0.3 is 10.6 Å². The molecule has 4 nitrogen and oxygen atoms in total. The summed E-state index contributed by atoms with van der Waals surface area (Å²) in [4.78, 5) is 24.7. The molecule has 0 saturated carbocycles. The number of benzene rings is 3. The maximum atomic E-state index is 13.0. The molecular formula is C23H21FN2O2. The van der Waals surface area contributed by atoms with E-state index in [0.29, 0.717) is 23.4 Å². The van der Waals surface area contributed by atoms with Gasteiger partial charge in [-0.25, -0.2) is 4.39 Å². The van der Waals surface area contributed by atoms with Gasteiger partial charge in [-0.2, -0.15) is 0 Å². The Morgan fingerprint density at radius 1 is 0.893 bits per heavy atom. The third kappa shape index (κ3) is 4.62. The quantitative estimate of drug-likeness (QED) is 0.682.